The van der Waals surface area contributed by atoms with Crippen LogP contribution in [0.3, 0.4) is 0 Å². The summed E-state index contributed by atoms with van der Waals surface area (Å²) in [5.41, 5.74) is 0. The SMILES string of the molecule is CC/C=C\C/C=C\C/C=C\C/C=C\C/C=C\C/C=C\C/C=C\CCCC(=O)OCC(COC(=O)CCCCCCC/C=C\CCCC)OC(=O)CCCCCCCCCC/C=C\C/C=C\C/C=C\CCCCCCC. The van der Waals surface area contributed by atoms with Crippen LogP contribution in [0.15, 0.2) is 134 Å². The molecule has 0 fully saturated rings. The molecule has 0 saturated heterocycles. The van der Waals surface area contributed by atoms with Crippen molar-refractivity contribution < 1.29 is 28.6 Å². The molecular formula is C69H112O6. The molecule has 0 aliphatic carbocycles. The molecule has 0 rings (SSSR count). The van der Waals surface area contributed by atoms with E-state index in [4.69, 9.17) is 14.2 Å². The van der Waals surface area contributed by atoms with Gasteiger partial charge in [-0.1, -0.05) is 251 Å². The molecular weight excluding hydrogens is 925 g/mol. The molecule has 1 atom stereocenters. The van der Waals surface area contributed by atoms with Crippen molar-refractivity contribution in [3.8, 4) is 0 Å². The minimum absolute atomic E-state index is 0.108. The Labute approximate surface area is 462 Å². The summed E-state index contributed by atoms with van der Waals surface area (Å²) in [5.74, 6) is -0.988. The standard InChI is InChI=1S/C69H112O6/c1-4-7-10-13-16-19-22-24-26-28-30-32-34-36-38-40-42-44-47-50-53-56-59-62-68(71)74-65-66(64-73-67(70)61-58-55-52-49-46-21-18-15-12-9-6-3)75-69(72)63-60-57-54-51-48-45-43-41-39-37-35-33-31-29-27-25-23-20-17-14-11-8-5-2/h7,10,15-16,18-19,23-26,29-32,35-38,42,44,50,53,66H,4-6,8-9,11-14,17,20-22,27-28,33-34,39-41,43,45-49,51-52,54-65H2,1-3H3/b10-7-,18-15-,19-16-,25-23-,26-24-,31-29-,32-30-,37-35-,38-36-,44-42-,53-50-. The van der Waals surface area contributed by atoms with Crippen LogP contribution >= 0.6 is 0 Å². The Morgan fingerprint density at radius 1 is 0.280 bits per heavy atom. The molecule has 1 unspecified atom stereocenters. The highest BCUT2D eigenvalue weighted by molar-refractivity contribution is 5.71. The average molecular weight is 1040 g/mol. The molecule has 75 heavy (non-hydrogen) atoms. The Hall–Kier alpha value is -4.45. The predicted octanol–water partition coefficient (Wildman–Crippen LogP) is 21.0. The maximum atomic E-state index is 12.9. The second kappa shape index (κ2) is 62.1. The molecule has 6 heteroatoms. The summed E-state index contributed by atoms with van der Waals surface area (Å²) in [5, 5.41) is 0. The van der Waals surface area contributed by atoms with Gasteiger partial charge in [0.15, 0.2) is 6.10 Å². The number of esters is 3. The van der Waals surface area contributed by atoms with E-state index in [-0.39, 0.29) is 37.5 Å². The van der Waals surface area contributed by atoms with Crippen LogP contribution in [0.2, 0.25) is 0 Å². The summed E-state index contributed by atoms with van der Waals surface area (Å²) >= 11 is 0. The average Bonchev–Trinajstić information content (AvgIpc) is 3.41. The Balaban J connectivity index is 4.45. The highest BCUT2D eigenvalue weighted by atomic mass is 16.6. The Kier molecular flexibility index (Phi) is 58.4. The largest absolute Gasteiger partial charge is 0.462 e. The topological polar surface area (TPSA) is 78.9 Å². The molecule has 0 saturated carbocycles. The molecule has 0 aromatic carbocycles. The van der Waals surface area contributed by atoms with E-state index in [2.05, 4.69) is 154 Å². The first-order valence-electron chi connectivity index (χ1n) is 30.7. The Morgan fingerprint density at radius 3 is 0.920 bits per heavy atom. The maximum Gasteiger partial charge on any atom is 0.306 e. The predicted molar refractivity (Wildman–Crippen MR) is 325 cm³/mol. The molecule has 0 heterocycles. The number of rotatable bonds is 54. The van der Waals surface area contributed by atoms with E-state index < -0.39 is 6.10 Å². The van der Waals surface area contributed by atoms with Crippen LogP contribution in [0.25, 0.3) is 0 Å². The van der Waals surface area contributed by atoms with Gasteiger partial charge in [-0.25, -0.2) is 0 Å². The number of unbranched alkanes of at least 4 members (excludes halogenated alkanes) is 21. The third kappa shape index (κ3) is 60.3. The van der Waals surface area contributed by atoms with Crippen LogP contribution in [0, 0.1) is 0 Å². The van der Waals surface area contributed by atoms with Gasteiger partial charge in [0.05, 0.1) is 0 Å². The van der Waals surface area contributed by atoms with Crippen molar-refractivity contribution in [1.82, 2.24) is 0 Å². The highest BCUT2D eigenvalue weighted by Crippen LogP contribution is 2.14. The van der Waals surface area contributed by atoms with E-state index in [1.165, 1.54) is 96.3 Å². The van der Waals surface area contributed by atoms with Gasteiger partial charge >= 0.3 is 17.9 Å². The molecule has 0 radical (unpaired) electrons. The number of carbonyl (C=O) groups is 3. The van der Waals surface area contributed by atoms with Crippen LogP contribution in [-0.2, 0) is 28.6 Å². The minimum Gasteiger partial charge on any atom is -0.462 e. The minimum atomic E-state index is -0.814. The maximum absolute atomic E-state index is 12.9. The lowest BCUT2D eigenvalue weighted by molar-refractivity contribution is -0.167. The normalized spacial score (nSPS) is 13.1. The monoisotopic (exact) mass is 1040 g/mol. The molecule has 0 N–H and O–H groups in total. The fraction of sp³-hybridized carbons (Fsp3) is 0.638. The van der Waals surface area contributed by atoms with Gasteiger partial charge in [-0.3, -0.25) is 14.4 Å². The van der Waals surface area contributed by atoms with Crippen LogP contribution < -0.4 is 0 Å². The van der Waals surface area contributed by atoms with Crippen molar-refractivity contribution in [2.45, 2.75) is 271 Å². The van der Waals surface area contributed by atoms with Gasteiger partial charge in [0.25, 0.3) is 0 Å². The van der Waals surface area contributed by atoms with Gasteiger partial charge in [0.1, 0.15) is 13.2 Å². The van der Waals surface area contributed by atoms with Gasteiger partial charge < -0.3 is 14.2 Å². The third-order valence-corrected chi connectivity index (χ3v) is 12.6. The van der Waals surface area contributed by atoms with Crippen LogP contribution in [0.4, 0.5) is 0 Å². The third-order valence-electron chi connectivity index (χ3n) is 12.6. The fourth-order valence-corrected chi connectivity index (χ4v) is 8.01. The molecule has 0 amide bonds. The zero-order chi connectivity index (χ0) is 54.3. The van der Waals surface area contributed by atoms with Gasteiger partial charge in [0.2, 0.25) is 0 Å². The second-order valence-electron chi connectivity index (χ2n) is 19.9. The Bertz CT molecular complexity index is 1620. The van der Waals surface area contributed by atoms with Gasteiger partial charge in [-0.05, 0) is 128 Å². The molecule has 0 spiro atoms. The Morgan fingerprint density at radius 2 is 0.547 bits per heavy atom. The number of allylic oxidation sites excluding steroid dienone is 22. The van der Waals surface area contributed by atoms with E-state index in [1.807, 2.05) is 0 Å². The molecule has 0 aromatic heterocycles. The molecule has 0 aliphatic rings. The van der Waals surface area contributed by atoms with Crippen molar-refractivity contribution in [3.63, 3.8) is 0 Å². The molecule has 0 aliphatic heterocycles. The zero-order valence-electron chi connectivity index (χ0n) is 48.5. The van der Waals surface area contributed by atoms with E-state index in [0.717, 1.165) is 122 Å². The second-order valence-corrected chi connectivity index (χ2v) is 19.9. The smallest absolute Gasteiger partial charge is 0.306 e. The highest BCUT2D eigenvalue weighted by Gasteiger charge is 2.19. The van der Waals surface area contributed by atoms with E-state index in [9.17, 15) is 14.4 Å². The summed E-state index contributed by atoms with van der Waals surface area (Å²) in [6.45, 7) is 6.41. The first-order chi connectivity index (χ1) is 37.0. The summed E-state index contributed by atoms with van der Waals surface area (Å²) in [4.78, 5) is 38.2. The van der Waals surface area contributed by atoms with Crippen molar-refractivity contribution in [2.75, 3.05) is 13.2 Å². The first-order valence-corrected chi connectivity index (χ1v) is 30.7. The van der Waals surface area contributed by atoms with Crippen molar-refractivity contribution in [2.24, 2.45) is 0 Å². The van der Waals surface area contributed by atoms with Crippen LogP contribution in [0.1, 0.15) is 265 Å². The number of carbonyl (C=O) groups excluding carboxylic acids is 3. The lowest BCUT2D eigenvalue weighted by Gasteiger charge is -2.18. The van der Waals surface area contributed by atoms with E-state index in [0.29, 0.717) is 19.3 Å². The van der Waals surface area contributed by atoms with Gasteiger partial charge in [0, 0.05) is 19.3 Å². The number of hydrogen-bond donors (Lipinski definition) is 0. The quantitative estimate of drug-likeness (QED) is 0.0261. The molecule has 424 valence electrons. The van der Waals surface area contributed by atoms with Crippen molar-refractivity contribution in [1.29, 1.82) is 0 Å². The number of hydrogen-bond acceptors (Lipinski definition) is 6. The number of ether oxygens (including phenoxy) is 3. The summed E-state index contributed by atoms with van der Waals surface area (Å²) < 4.78 is 16.8. The summed E-state index contributed by atoms with van der Waals surface area (Å²) in [7, 11) is 0. The lowest BCUT2D eigenvalue weighted by Crippen LogP contribution is -2.30. The first kappa shape index (κ1) is 70.5. The summed E-state index contributed by atoms with van der Waals surface area (Å²) in [6, 6.07) is 0. The zero-order valence-corrected chi connectivity index (χ0v) is 48.5. The van der Waals surface area contributed by atoms with E-state index >= 15 is 0 Å². The molecule has 6 nitrogen and oxygen atoms in total. The summed E-state index contributed by atoms with van der Waals surface area (Å²) in [6.07, 6.45) is 87.4. The van der Waals surface area contributed by atoms with Crippen LogP contribution in [0.5, 0.6) is 0 Å². The van der Waals surface area contributed by atoms with Gasteiger partial charge in [-0.15, -0.1) is 0 Å². The van der Waals surface area contributed by atoms with Crippen molar-refractivity contribution >= 4 is 17.9 Å². The fourth-order valence-electron chi connectivity index (χ4n) is 8.01. The lowest BCUT2D eigenvalue weighted by atomic mass is 10.1. The molecule has 0 aromatic rings. The molecule has 0 bridgehead atoms. The van der Waals surface area contributed by atoms with Crippen LogP contribution in [-0.4, -0.2) is 37.2 Å². The van der Waals surface area contributed by atoms with Gasteiger partial charge in [-0.2, -0.15) is 0 Å². The van der Waals surface area contributed by atoms with Crippen molar-refractivity contribution in [3.05, 3.63) is 134 Å². The van der Waals surface area contributed by atoms with E-state index in [1.54, 1.807) is 0 Å².